The number of ether oxygens (including phenoxy) is 1. The van der Waals surface area contributed by atoms with Crippen molar-refractivity contribution in [2.75, 3.05) is 37.0 Å². The number of aliphatic imine (C=N–C) groups is 1. The first-order valence-corrected chi connectivity index (χ1v) is 9.33. The van der Waals surface area contributed by atoms with Gasteiger partial charge in [-0.3, -0.25) is 9.39 Å². The molecule has 1 aliphatic rings. The number of nitrogens with one attached hydrogen (secondary N) is 1. The fraction of sp³-hybridized carbons (Fsp3) is 0.368. The van der Waals surface area contributed by atoms with E-state index >= 15 is 0 Å². The average Bonchev–Trinajstić information content (AvgIpc) is 3.21. The highest BCUT2D eigenvalue weighted by Crippen LogP contribution is 2.24. The molecule has 1 fully saturated rings. The lowest BCUT2D eigenvalue weighted by atomic mass is 9.98. The normalized spacial score (nSPS) is 17.1. The van der Waals surface area contributed by atoms with E-state index in [1.54, 1.807) is 19.6 Å². The summed E-state index contributed by atoms with van der Waals surface area (Å²) in [6.45, 7) is 2.49. The second kappa shape index (κ2) is 9.72. The number of piperidine rings is 1. The summed E-state index contributed by atoms with van der Waals surface area (Å²) in [6, 6.07) is 7.61. The van der Waals surface area contributed by atoms with E-state index < -0.39 is 0 Å². The van der Waals surface area contributed by atoms with E-state index in [-0.39, 0.29) is 24.0 Å². The number of fused-ring (bicyclic) bond motifs is 1. The molecule has 0 bridgehead atoms. The molecule has 3 heterocycles. The topological polar surface area (TPSA) is 106 Å². The Labute approximate surface area is 186 Å². The summed E-state index contributed by atoms with van der Waals surface area (Å²) in [4.78, 5) is 11.3. The minimum atomic E-state index is 0. The first-order valence-electron chi connectivity index (χ1n) is 9.33. The Kier molecular flexibility index (Phi) is 7.07. The maximum absolute atomic E-state index is 6.07. The third-order valence-electron chi connectivity index (χ3n) is 4.88. The van der Waals surface area contributed by atoms with Gasteiger partial charge in [0, 0.05) is 43.8 Å². The number of benzene rings is 1. The minimum Gasteiger partial charge on any atom is -0.497 e. The van der Waals surface area contributed by atoms with Crippen molar-refractivity contribution in [1.29, 1.82) is 0 Å². The van der Waals surface area contributed by atoms with E-state index in [2.05, 4.69) is 30.4 Å². The van der Waals surface area contributed by atoms with Crippen LogP contribution in [0.3, 0.4) is 0 Å². The molecule has 29 heavy (non-hydrogen) atoms. The van der Waals surface area contributed by atoms with E-state index in [0.29, 0.717) is 18.4 Å². The molecule has 9 nitrogen and oxygen atoms in total. The van der Waals surface area contributed by atoms with Crippen LogP contribution in [0.1, 0.15) is 12.8 Å². The molecule has 0 spiro atoms. The summed E-state index contributed by atoms with van der Waals surface area (Å²) in [5.41, 5.74) is 7.71. The van der Waals surface area contributed by atoms with Gasteiger partial charge in [0.2, 0.25) is 5.65 Å². The molecule has 2 aromatic heterocycles. The van der Waals surface area contributed by atoms with E-state index in [1.165, 1.54) is 0 Å². The van der Waals surface area contributed by atoms with Gasteiger partial charge >= 0.3 is 0 Å². The number of nitrogens with zero attached hydrogens (tertiary/aromatic N) is 6. The zero-order valence-electron chi connectivity index (χ0n) is 16.2. The van der Waals surface area contributed by atoms with Crippen LogP contribution in [0.25, 0.3) is 5.65 Å². The number of rotatable bonds is 5. The Hall–Kier alpha value is -2.63. The van der Waals surface area contributed by atoms with Crippen LogP contribution in [0.4, 0.5) is 11.5 Å². The molecule has 1 aliphatic heterocycles. The monoisotopic (exact) mass is 508 g/mol. The van der Waals surface area contributed by atoms with Crippen LogP contribution >= 0.6 is 24.0 Å². The van der Waals surface area contributed by atoms with Gasteiger partial charge in [-0.15, -0.1) is 34.2 Å². The van der Waals surface area contributed by atoms with Crippen LogP contribution in [0, 0.1) is 5.92 Å². The molecule has 10 heteroatoms. The van der Waals surface area contributed by atoms with Gasteiger partial charge in [0.1, 0.15) is 12.1 Å². The predicted molar refractivity (Wildman–Crippen MR) is 124 cm³/mol. The number of anilines is 2. The number of aromatic nitrogens is 4. The Bertz CT molecular complexity index is 976. The number of methoxy groups -OCH3 is 1. The van der Waals surface area contributed by atoms with Gasteiger partial charge in [-0.25, -0.2) is 4.98 Å². The third kappa shape index (κ3) is 5.05. The number of hydrogen-bond acceptors (Lipinski definition) is 6. The maximum Gasteiger partial charge on any atom is 0.203 e. The fourth-order valence-electron chi connectivity index (χ4n) is 3.49. The van der Waals surface area contributed by atoms with E-state index in [4.69, 9.17) is 10.5 Å². The molecule has 1 atom stereocenters. The molecule has 3 N–H and O–H groups in total. The van der Waals surface area contributed by atoms with E-state index in [1.807, 2.05) is 34.9 Å². The average molecular weight is 508 g/mol. The highest BCUT2D eigenvalue weighted by molar-refractivity contribution is 14.0. The summed E-state index contributed by atoms with van der Waals surface area (Å²) < 4.78 is 7.12. The third-order valence-corrected chi connectivity index (χ3v) is 4.88. The predicted octanol–water partition coefficient (Wildman–Crippen LogP) is 2.39. The lowest BCUT2D eigenvalue weighted by Gasteiger charge is -2.32. The van der Waals surface area contributed by atoms with Crippen LogP contribution in [-0.4, -0.2) is 52.3 Å². The quantitative estimate of drug-likeness (QED) is 0.310. The molecule has 154 valence electrons. The fourth-order valence-corrected chi connectivity index (χ4v) is 3.49. The Balaban J connectivity index is 0.00000240. The van der Waals surface area contributed by atoms with Crippen LogP contribution in [0.15, 0.2) is 48.0 Å². The molecule has 0 saturated carbocycles. The van der Waals surface area contributed by atoms with Crippen LogP contribution < -0.4 is 20.7 Å². The highest BCUT2D eigenvalue weighted by atomic mass is 127. The molecule has 0 radical (unpaired) electrons. The van der Waals surface area contributed by atoms with Crippen molar-refractivity contribution in [3.8, 4) is 5.75 Å². The zero-order valence-corrected chi connectivity index (χ0v) is 18.6. The van der Waals surface area contributed by atoms with Crippen molar-refractivity contribution in [3.05, 3.63) is 43.0 Å². The molecule has 3 aromatic rings. The molecule has 0 aliphatic carbocycles. The van der Waals surface area contributed by atoms with Crippen molar-refractivity contribution >= 4 is 47.1 Å². The second-order valence-corrected chi connectivity index (χ2v) is 6.85. The Morgan fingerprint density at radius 2 is 2.31 bits per heavy atom. The minimum absolute atomic E-state index is 0. The first-order chi connectivity index (χ1) is 13.7. The largest absolute Gasteiger partial charge is 0.497 e. The SMILES string of the molecule is COc1cccc(NC(N)=NCC2CCCN(c3nccn4cnnc34)C2)c1.I. The molecule has 1 aromatic carbocycles. The summed E-state index contributed by atoms with van der Waals surface area (Å²) in [6.07, 6.45) is 7.53. The van der Waals surface area contributed by atoms with Crippen molar-refractivity contribution in [1.82, 2.24) is 19.6 Å². The number of halogens is 1. The molecular formula is C19H25IN8O. The van der Waals surface area contributed by atoms with Gasteiger partial charge < -0.3 is 20.7 Å². The maximum atomic E-state index is 6.07. The number of hydrogen-bond donors (Lipinski definition) is 2. The van der Waals surface area contributed by atoms with Gasteiger partial charge in [0.15, 0.2) is 11.8 Å². The van der Waals surface area contributed by atoms with Crippen molar-refractivity contribution in [2.45, 2.75) is 12.8 Å². The molecule has 1 saturated heterocycles. The molecular weight excluding hydrogens is 483 g/mol. The van der Waals surface area contributed by atoms with Gasteiger partial charge in [-0.2, -0.15) is 0 Å². The second-order valence-electron chi connectivity index (χ2n) is 6.85. The van der Waals surface area contributed by atoms with Gasteiger partial charge in [-0.1, -0.05) is 6.07 Å². The summed E-state index contributed by atoms with van der Waals surface area (Å²) >= 11 is 0. The summed E-state index contributed by atoms with van der Waals surface area (Å²) in [5, 5.41) is 11.3. The van der Waals surface area contributed by atoms with Crippen molar-refractivity contribution in [3.63, 3.8) is 0 Å². The van der Waals surface area contributed by atoms with E-state index in [0.717, 1.165) is 48.8 Å². The first kappa shape index (κ1) is 21.1. The Morgan fingerprint density at radius 3 is 3.17 bits per heavy atom. The number of nitrogens with two attached hydrogens (primary N) is 1. The molecule has 4 rings (SSSR count). The van der Waals surface area contributed by atoms with Crippen molar-refractivity contribution in [2.24, 2.45) is 16.6 Å². The van der Waals surface area contributed by atoms with Crippen LogP contribution in [-0.2, 0) is 0 Å². The summed E-state index contributed by atoms with van der Waals surface area (Å²) in [5.74, 6) is 2.46. The Morgan fingerprint density at radius 1 is 1.41 bits per heavy atom. The van der Waals surface area contributed by atoms with Crippen LogP contribution in [0.2, 0.25) is 0 Å². The lowest BCUT2D eigenvalue weighted by molar-refractivity contribution is 0.415. The number of guanidine groups is 1. The molecule has 1 unspecified atom stereocenters. The highest BCUT2D eigenvalue weighted by Gasteiger charge is 2.23. The van der Waals surface area contributed by atoms with Gasteiger partial charge in [-0.05, 0) is 30.9 Å². The summed E-state index contributed by atoms with van der Waals surface area (Å²) in [7, 11) is 1.64. The van der Waals surface area contributed by atoms with Gasteiger partial charge in [0.05, 0.1) is 7.11 Å². The standard InChI is InChI=1S/C19H24N8O.HI/c1-28-16-6-2-5-15(10-16)24-19(20)22-11-14-4-3-8-26(12-14)17-18-25-23-13-27(18)9-7-21-17;/h2,5-7,9-10,13-14H,3-4,8,11-12H2,1H3,(H3,20,22,24);1H. The van der Waals surface area contributed by atoms with Gasteiger partial charge in [0.25, 0.3) is 0 Å². The van der Waals surface area contributed by atoms with E-state index in [9.17, 15) is 0 Å². The molecule has 0 amide bonds. The van der Waals surface area contributed by atoms with Crippen LogP contribution in [0.5, 0.6) is 5.75 Å². The smallest absolute Gasteiger partial charge is 0.203 e. The lowest BCUT2D eigenvalue weighted by Crippen LogP contribution is -2.38. The zero-order chi connectivity index (χ0) is 19.3. The van der Waals surface area contributed by atoms with Crippen molar-refractivity contribution < 1.29 is 4.74 Å².